The van der Waals surface area contributed by atoms with Crippen molar-refractivity contribution in [1.82, 2.24) is 0 Å². The van der Waals surface area contributed by atoms with Crippen molar-refractivity contribution in [1.29, 1.82) is 0 Å². The van der Waals surface area contributed by atoms with Crippen molar-refractivity contribution in [3.05, 3.63) is 35.4 Å². The molecule has 2 nitrogen and oxygen atoms in total. The quantitative estimate of drug-likeness (QED) is 0.567. The molecule has 0 unspecified atom stereocenters. The molecule has 3 heteroatoms. The van der Waals surface area contributed by atoms with Crippen molar-refractivity contribution in [3.8, 4) is 0 Å². The minimum Gasteiger partial charge on any atom is -0.377 e. The molecule has 0 spiro atoms. The van der Waals surface area contributed by atoms with Crippen LogP contribution in [-0.4, -0.2) is 18.8 Å². The molecule has 1 aromatic carbocycles. The number of Topliss-reactive ketones (excluding diaryl/α,β-unsaturated/α-hetero) is 1. The van der Waals surface area contributed by atoms with E-state index >= 15 is 0 Å². The van der Waals surface area contributed by atoms with E-state index in [1.807, 2.05) is 19.1 Å². The van der Waals surface area contributed by atoms with Gasteiger partial charge in [0.15, 0.2) is 5.78 Å². The van der Waals surface area contributed by atoms with Gasteiger partial charge in [-0.15, -0.1) is 11.6 Å². The van der Waals surface area contributed by atoms with E-state index in [-0.39, 0.29) is 17.8 Å². The highest BCUT2D eigenvalue weighted by Crippen LogP contribution is 2.16. The molecule has 1 aromatic rings. The van der Waals surface area contributed by atoms with Crippen LogP contribution in [0.2, 0.25) is 0 Å². The van der Waals surface area contributed by atoms with Gasteiger partial charge in [0.05, 0.1) is 12.0 Å². The van der Waals surface area contributed by atoms with Crippen molar-refractivity contribution < 1.29 is 9.53 Å². The van der Waals surface area contributed by atoms with Crippen LogP contribution in [0.4, 0.5) is 0 Å². The van der Waals surface area contributed by atoms with Crippen LogP contribution in [0.1, 0.15) is 28.9 Å². The molecule has 0 aliphatic carbocycles. The van der Waals surface area contributed by atoms with Crippen LogP contribution in [0.25, 0.3) is 0 Å². The molecule has 0 bridgehead atoms. The number of benzene rings is 1. The second-order valence-electron chi connectivity index (χ2n) is 3.06. The average Bonchev–Trinajstić information content (AvgIpc) is 2.27. The first kappa shape index (κ1) is 11.2. The summed E-state index contributed by atoms with van der Waals surface area (Å²) >= 11 is 5.44. The predicted molar refractivity (Wildman–Crippen MR) is 56.9 cm³/mol. The molecule has 0 aliphatic rings. The molecule has 14 heavy (non-hydrogen) atoms. The second-order valence-corrected chi connectivity index (χ2v) is 3.32. The van der Waals surface area contributed by atoms with Gasteiger partial charge in [-0.1, -0.05) is 24.3 Å². The van der Waals surface area contributed by atoms with E-state index in [9.17, 15) is 4.79 Å². The first-order chi connectivity index (χ1) is 6.69. The Morgan fingerprint density at radius 2 is 2.00 bits per heavy atom. The number of ether oxygens (including phenoxy) is 1. The van der Waals surface area contributed by atoms with Gasteiger partial charge in [-0.2, -0.15) is 0 Å². The van der Waals surface area contributed by atoms with Gasteiger partial charge in [0.2, 0.25) is 0 Å². The van der Waals surface area contributed by atoms with Gasteiger partial charge < -0.3 is 4.74 Å². The zero-order valence-corrected chi connectivity index (χ0v) is 9.04. The molecule has 0 aromatic heterocycles. The van der Waals surface area contributed by atoms with E-state index in [1.54, 1.807) is 19.2 Å². The number of ketones is 1. The maximum atomic E-state index is 11.2. The largest absolute Gasteiger partial charge is 0.377 e. The Labute approximate surface area is 88.8 Å². The van der Waals surface area contributed by atoms with E-state index in [2.05, 4.69) is 0 Å². The monoisotopic (exact) mass is 212 g/mol. The zero-order valence-electron chi connectivity index (χ0n) is 8.29. The van der Waals surface area contributed by atoms with Gasteiger partial charge in [0, 0.05) is 12.7 Å². The molecule has 76 valence electrons. The summed E-state index contributed by atoms with van der Waals surface area (Å²) in [4.78, 5) is 11.2. The summed E-state index contributed by atoms with van der Waals surface area (Å²) in [6.07, 6.45) is 0.0511. The fourth-order valence-electron chi connectivity index (χ4n) is 1.15. The third kappa shape index (κ3) is 2.56. The van der Waals surface area contributed by atoms with Gasteiger partial charge in [0.25, 0.3) is 0 Å². The summed E-state index contributed by atoms with van der Waals surface area (Å²) in [5, 5.41) is 0. The third-order valence-corrected chi connectivity index (χ3v) is 2.42. The SMILES string of the molecule is CO[C@H](C)c1ccc(C(=O)CCl)cc1. The second kappa shape index (κ2) is 5.13. The van der Waals surface area contributed by atoms with E-state index in [1.165, 1.54) is 0 Å². The Kier molecular flexibility index (Phi) is 4.11. The van der Waals surface area contributed by atoms with E-state index < -0.39 is 0 Å². The highest BCUT2D eigenvalue weighted by atomic mass is 35.5. The molecule has 0 N–H and O–H groups in total. The lowest BCUT2D eigenvalue weighted by Crippen LogP contribution is -2.01. The first-order valence-corrected chi connectivity index (χ1v) is 4.94. The molecule has 0 fully saturated rings. The van der Waals surface area contributed by atoms with Crippen molar-refractivity contribution in [2.24, 2.45) is 0 Å². The molecule has 1 atom stereocenters. The van der Waals surface area contributed by atoms with Crippen molar-refractivity contribution in [2.45, 2.75) is 13.0 Å². The van der Waals surface area contributed by atoms with Crippen LogP contribution in [0.15, 0.2) is 24.3 Å². The zero-order chi connectivity index (χ0) is 10.6. The van der Waals surface area contributed by atoms with Gasteiger partial charge >= 0.3 is 0 Å². The highest BCUT2D eigenvalue weighted by Gasteiger charge is 2.06. The summed E-state index contributed by atoms with van der Waals surface area (Å²) in [5.74, 6) is -0.0256. The highest BCUT2D eigenvalue weighted by molar-refractivity contribution is 6.30. The van der Waals surface area contributed by atoms with Gasteiger partial charge in [-0.05, 0) is 12.5 Å². The minimum absolute atomic E-state index is 0.0270. The Morgan fingerprint density at radius 1 is 1.43 bits per heavy atom. The van der Waals surface area contributed by atoms with Crippen molar-refractivity contribution >= 4 is 17.4 Å². The smallest absolute Gasteiger partial charge is 0.177 e. The average molecular weight is 213 g/mol. The molecule has 0 amide bonds. The van der Waals surface area contributed by atoms with E-state index in [0.717, 1.165) is 5.56 Å². The lowest BCUT2D eigenvalue weighted by atomic mass is 10.1. The summed E-state index contributed by atoms with van der Waals surface area (Å²) in [7, 11) is 1.66. The molecule has 0 radical (unpaired) electrons. The first-order valence-electron chi connectivity index (χ1n) is 4.41. The molecule has 0 aliphatic heterocycles. The number of methoxy groups -OCH3 is 1. The predicted octanol–water partition coefficient (Wildman–Crippen LogP) is 2.82. The van der Waals surface area contributed by atoms with Gasteiger partial charge in [-0.25, -0.2) is 0 Å². The number of hydrogen-bond acceptors (Lipinski definition) is 2. The summed E-state index contributed by atoms with van der Waals surface area (Å²) in [6.45, 7) is 1.96. The maximum Gasteiger partial charge on any atom is 0.177 e. The Hall–Kier alpha value is -0.860. The van der Waals surface area contributed by atoms with Crippen molar-refractivity contribution in [3.63, 3.8) is 0 Å². The summed E-state index contributed by atoms with van der Waals surface area (Å²) < 4.78 is 5.15. The van der Waals surface area contributed by atoms with Crippen molar-refractivity contribution in [2.75, 3.05) is 13.0 Å². The van der Waals surface area contributed by atoms with Crippen LogP contribution in [0.5, 0.6) is 0 Å². The Morgan fingerprint density at radius 3 is 2.43 bits per heavy atom. The molecular formula is C11H13ClO2. The summed E-state index contributed by atoms with van der Waals surface area (Å²) in [6, 6.07) is 7.31. The number of carbonyl (C=O) groups is 1. The lowest BCUT2D eigenvalue weighted by molar-refractivity contribution is 0.102. The number of carbonyl (C=O) groups excluding carboxylic acids is 1. The Bertz CT molecular complexity index is 306. The van der Waals surface area contributed by atoms with Gasteiger partial charge in [0.1, 0.15) is 0 Å². The van der Waals surface area contributed by atoms with Crippen LogP contribution < -0.4 is 0 Å². The number of hydrogen-bond donors (Lipinski definition) is 0. The Balaban J connectivity index is 2.83. The van der Waals surface area contributed by atoms with Crippen LogP contribution in [-0.2, 0) is 4.74 Å². The number of alkyl halides is 1. The molecule has 1 rings (SSSR count). The fourth-order valence-corrected chi connectivity index (χ4v) is 1.31. The molecule has 0 saturated heterocycles. The third-order valence-electron chi connectivity index (χ3n) is 2.18. The maximum absolute atomic E-state index is 11.2. The lowest BCUT2D eigenvalue weighted by Gasteiger charge is -2.09. The van der Waals surface area contributed by atoms with Crippen LogP contribution in [0.3, 0.4) is 0 Å². The van der Waals surface area contributed by atoms with E-state index in [0.29, 0.717) is 5.56 Å². The van der Waals surface area contributed by atoms with Crippen LogP contribution in [0, 0.1) is 0 Å². The molecule has 0 heterocycles. The topological polar surface area (TPSA) is 26.3 Å². The van der Waals surface area contributed by atoms with Gasteiger partial charge in [-0.3, -0.25) is 4.79 Å². The normalized spacial score (nSPS) is 12.5. The molecule has 0 saturated carbocycles. The molecular weight excluding hydrogens is 200 g/mol. The number of halogens is 1. The minimum atomic E-state index is -0.0525. The number of rotatable bonds is 4. The van der Waals surface area contributed by atoms with Crippen LogP contribution >= 0.6 is 11.6 Å². The summed E-state index contributed by atoms with van der Waals surface area (Å²) in [5.41, 5.74) is 1.70. The van der Waals surface area contributed by atoms with E-state index in [4.69, 9.17) is 16.3 Å². The standard InChI is InChI=1S/C11H13ClO2/c1-8(14-2)9-3-5-10(6-4-9)11(13)7-12/h3-6,8H,7H2,1-2H3/t8-/m1/s1. The fraction of sp³-hybridized carbons (Fsp3) is 0.364.